The first-order valence-electron chi connectivity index (χ1n) is 6.95. The third-order valence-corrected chi connectivity index (χ3v) is 3.68. The maximum absolute atomic E-state index is 5.80. The van der Waals surface area contributed by atoms with E-state index in [0.717, 1.165) is 39.3 Å². The van der Waals surface area contributed by atoms with Gasteiger partial charge in [0.2, 0.25) is 0 Å². The molecule has 0 spiro atoms. The van der Waals surface area contributed by atoms with Crippen LogP contribution in [-0.4, -0.2) is 68.1 Å². The molecule has 1 aliphatic rings. The van der Waals surface area contributed by atoms with E-state index in [-0.39, 0.29) is 0 Å². The van der Waals surface area contributed by atoms with Crippen LogP contribution < -0.4 is 10.6 Å². The summed E-state index contributed by atoms with van der Waals surface area (Å²) in [4.78, 5) is 11.4. The van der Waals surface area contributed by atoms with Gasteiger partial charge in [-0.15, -0.1) is 0 Å². The van der Waals surface area contributed by atoms with Crippen LogP contribution in [0.5, 0.6) is 0 Å². The maximum atomic E-state index is 5.80. The van der Waals surface area contributed by atoms with Crippen molar-refractivity contribution in [1.29, 1.82) is 0 Å². The van der Waals surface area contributed by atoms with Gasteiger partial charge in [0.15, 0.2) is 0 Å². The fourth-order valence-electron chi connectivity index (χ4n) is 2.43. The van der Waals surface area contributed by atoms with E-state index in [2.05, 4.69) is 33.8 Å². The molecule has 0 unspecified atom stereocenters. The summed E-state index contributed by atoms with van der Waals surface area (Å²) < 4.78 is 0. The van der Waals surface area contributed by atoms with E-state index < -0.39 is 0 Å². The lowest BCUT2D eigenvalue weighted by Gasteiger charge is -2.37. The zero-order chi connectivity index (χ0) is 13.7. The van der Waals surface area contributed by atoms with E-state index in [9.17, 15) is 0 Å². The highest BCUT2D eigenvalue weighted by atomic mass is 15.3. The molecular weight excluding hydrogens is 238 g/mol. The lowest BCUT2D eigenvalue weighted by Crippen LogP contribution is -2.48. The van der Waals surface area contributed by atoms with Gasteiger partial charge in [0, 0.05) is 52.0 Å². The van der Waals surface area contributed by atoms with Crippen molar-refractivity contribution < 1.29 is 0 Å². The summed E-state index contributed by atoms with van der Waals surface area (Å²) >= 11 is 0. The number of likely N-dealkylation sites (N-methyl/N-ethyl adjacent to an activating group) is 1. The fourth-order valence-corrected chi connectivity index (χ4v) is 2.43. The molecule has 0 radical (unpaired) electrons. The first kappa shape index (κ1) is 14.2. The zero-order valence-corrected chi connectivity index (χ0v) is 12.0. The second-order valence-corrected chi connectivity index (χ2v) is 5.34. The smallest absolute Gasteiger partial charge is 0.0599 e. The van der Waals surface area contributed by atoms with Crippen LogP contribution in [0.25, 0.3) is 0 Å². The number of hydrogen-bond acceptors (Lipinski definition) is 5. The highest BCUT2D eigenvalue weighted by Crippen LogP contribution is 2.20. The van der Waals surface area contributed by atoms with Crippen molar-refractivity contribution in [2.24, 2.45) is 5.73 Å². The number of pyridine rings is 1. The fraction of sp³-hybridized carbons (Fsp3) is 0.643. The summed E-state index contributed by atoms with van der Waals surface area (Å²) in [5, 5.41) is 0. The van der Waals surface area contributed by atoms with Crippen LogP contribution in [0.3, 0.4) is 0 Å². The van der Waals surface area contributed by atoms with Gasteiger partial charge in [-0.05, 0) is 25.7 Å². The number of nitrogens with two attached hydrogens (primary N) is 1. The second kappa shape index (κ2) is 6.84. The molecule has 5 heteroatoms. The Labute approximate surface area is 116 Å². The molecular formula is C14H25N5. The van der Waals surface area contributed by atoms with Crippen molar-refractivity contribution in [2.45, 2.75) is 6.54 Å². The Morgan fingerprint density at radius 1 is 1.26 bits per heavy atom. The lowest BCUT2D eigenvalue weighted by molar-refractivity contribution is 0.229. The predicted molar refractivity (Wildman–Crippen MR) is 79.3 cm³/mol. The standard InChI is InChI=1S/C14H25N5/c1-17(2)5-6-18-7-9-19(10-8-18)14-12-16-4-3-13(14)11-15/h3-4,12H,5-11,15H2,1-2H3. The molecule has 0 bridgehead atoms. The number of piperazine rings is 1. The summed E-state index contributed by atoms with van der Waals surface area (Å²) in [6.45, 7) is 7.22. The van der Waals surface area contributed by atoms with Gasteiger partial charge in [-0.25, -0.2) is 0 Å². The van der Waals surface area contributed by atoms with E-state index in [1.54, 1.807) is 0 Å². The van der Waals surface area contributed by atoms with Crippen LogP contribution in [0, 0.1) is 0 Å². The molecule has 1 aliphatic heterocycles. The number of hydrogen-bond donors (Lipinski definition) is 1. The third-order valence-electron chi connectivity index (χ3n) is 3.68. The van der Waals surface area contributed by atoms with Crippen molar-refractivity contribution in [2.75, 3.05) is 58.3 Å². The number of anilines is 1. The van der Waals surface area contributed by atoms with Gasteiger partial charge in [-0.3, -0.25) is 9.88 Å². The largest absolute Gasteiger partial charge is 0.367 e. The Morgan fingerprint density at radius 2 is 2.00 bits per heavy atom. The normalized spacial score (nSPS) is 17.2. The lowest BCUT2D eigenvalue weighted by atomic mass is 10.2. The molecule has 2 rings (SSSR count). The van der Waals surface area contributed by atoms with Crippen LogP contribution in [0.1, 0.15) is 5.56 Å². The summed E-state index contributed by atoms with van der Waals surface area (Å²) in [6, 6.07) is 2.02. The summed E-state index contributed by atoms with van der Waals surface area (Å²) in [6.07, 6.45) is 3.76. The Hall–Kier alpha value is -1.17. The first-order valence-corrected chi connectivity index (χ1v) is 6.95. The van der Waals surface area contributed by atoms with E-state index >= 15 is 0 Å². The average molecular weight is 263 g/mol. The van der Waals surface area contributed by atoms with Crippen LogP contribution in [-0.2, 0) is 6.54 Å². The number of aromatic nitrogens is 1. The molecule has 0 atom stereocenters. The van der Waals surface area contributed by atoms with Gasteiger partial charge >= 0.3 is 0 Å². The molecule has 1 fully saturated rings. The summed E-state index contributed by atoms with van der Waals surface area (Å²) in [7, 11) is 4.25. The predicted octanol–water partition coefficient (Wildman–Crippen LogP) is 0.224. The van der Waals surface area contributed by atoms with Crippen molar-refractivity contribution in [3.63, 3.8) is 0 Å². The minimum atomic E-state index is 0.582. The van der Waals surface area contributed by atoms with Crippen molar-refractivity contribution in [3.8, 4) is 0 Å². The first-order chi connectivity index (χ1) is 9.20. The number of nitrogens with zero attached hydrogens (tertiary/aromatic N) is 4. The molecule has 0 saturated carbocycles. The van der Waals surface area contributed by atoms with Crippen LogP contribution >= 0.6 is 0 Å². The monoisotopic (exact) mass is 263 g/mol. The van der Waals surface area contributed by atoms with E-state index in [1.165, 1.54) is 11.3 Å². The zero-order valence-electron chi connectivity index (χ0n) is 12.0. The molecule has 1 aromatic rings. The third kappa shape index (κ3) is 3.89. The molecule has 2 heterocycles. The van der Waals surface area contributed by atoms with Crippen LogP contribution in [0.4, 0.5) is 5.69 Å². The quantitative estimate of drug-likeness (QED) is 0.824. The van der Waals surface area contributed by atoms with Gasteiger partial charge in [-0.1, -0.05) is 0 Å². The van der Waals surface area contributed by atoms with Crippen LogP contribution in [0.2, 0.25) is 0 Å². The Kier molecular flexibility index (Phi) is 5.13. The molecule has 0 amide bonds. The minimum Gasteiger partial charge on any atom is -0.367 e. The topological polar surface area (TPSA) is 48.6 Å². The average Bonchev–Trinajstić information content (AvgIpc) is 2.45. The van der Waals surface area contributed by atoms with E-state index in [0.29, 0.717) is 6.54 Å². The molecule has 1 aromatic heterocycles. The van der Waals surface area contributed by atoms with Crippen molar-refractivity contribution >= 4 is 5.69 Å². The molecule has 0 aromatic carbocycles. The minimum absolute atomic E-state index is 0.582. The highest BCUT2D eigenvalue weighted by Gasteiger charge is 2.18. The highest BCUT2D eigenvalue weighted by molar-refractivity contribution is 5.52. The van der Waals surface area contributed by atoms with Gasteiger partial charge in [-0.2, -0.15) is 0 Å². The van der Waals surface area contributed by atoms with E-state index in [4.69, 9.17) is 5.73 Å². The Morgan fingerprint density at radius 3 is 2.63 bits per heavy atom. The molecule has 106 valence electrons. The van der Waals surface area contributed by atoms with E-state index in [1.807, 2.05) is 18.5 Å². The van der Waals surface area contributed by atoms with Gasteiger partial charge in [0.25, 0.3) is 0 Å². The maximum Gasteiger partial charge on any atom is 0.0599 e. The molecule has 5 nitrogen and oxygen atoms in total. The van der Waals surface area contributed by atoms with Gasteiger partial charge < -0.3 is 15.5 Å². The number of rotatable bonds is 5. The Balaban J connectivity index is 1.89. The summed E-state index contributed by atoms with van der Waals surface area (Å²) in [5.74, 6) is 0. The molecule has 2 N–H and O–H groups in total. The summed E-state index contributed by atoms with van der Waals surface area (Å²) in [5.41, 5.74) is 8.19. The van der Waals surface area contributed by atoms with Crippen molar-refractivity contribution in [1.82, 2.24) is 14.8 Å². The second-order valence-electron chi connectivity index (χ2n) is 5.34. The van der Waals surface area contributed by atoms with Gasteiger partial charge in [0.05, 0.1) is 11.9 Å². The molecule has 0 aliphatic carbocycles. The Bertz CT molecular complexity index is 385. The molecule has 1 saturated heterocycles. The van der Waals surface area contributed by atoms with Crippen molar-refractivity contribution in [3.05, 3.63) is 24.0 Å². The molecule has 19 heavy (non-hydrogen) atoms. The van der Waals surface area contributed by atoms with Crippen LogP contribution in [0.15, 0.2) is 18.5 Å². The van der Waals surface area contributed by atoms with Gasteiger partial charge in [0.1, 0.15) is 0 Å². The SMILES string of the molecule is CN(C)CCN1CCN(c2cnccc2CN)CC1.